The molecule has 2 amide bonds. The van der Waals surface area contributed by atoms with Gasteiger partial charge in [0.25, 0.3) is 0 Å². The van der Waals surface area contributed by atoms with E-state index in [1.807, 2.05) is 4.90 Å². The van der Waals surface area contributed by atoms with Crippen LogP contribution in [-0.4, -0.2) is 48.6 Å². The molecule has 1 atom stereocenters. The molecule has 0 radical (unpaired) electrons. The molecule has 3 aliphatic rings. The number of nitrogens with one attached hydrogen (secondary N) is 1. The van der Waals surface area contributed by atoms with Crippen LogP contribution in [0.3, 0.4) is 0 Å². The summed E-state index contributed by atoms with van der Waals surface area (Å²) in [7, 11) is 0. The van der Waals surface area contributed by atoms with Crippen LogP contribution < -0.4 is 5.32 Å². The van der Waals surface area contributed by atoms with Crippen LogP contribution in [0.5, 0.6) is 0 Å². The highest BCUT2D eigenvalue weighted by Gasteiger charge is 2.45. The Labute approximate surface area is 126 Å². The van der Waals surface area contributed by atoms with Gasteiger partial charge in [-0.25, -0.2) is 0 Å². The zero-order valence-electron chi connectivity index (χ0n) is 12.7. The van der Waals surface area contributed by atoms with Crippen molar-refractivity contribution in [1.82, 2.24) is 10.2 Å². The van der Waals surface area contributed by atoms with Crippen LogP contribution in [0.15, 0.2) is 0 Å². The van der Waals surface area contributed by atoms with E-state index < -0.39 is 5.54 Å². The minimum absolute atomic E-state index is 0.0349. The Balaban J connectivity index is 1.72. The molecule has 0 bridgehead atoms. The van der Waals surface area contributed by atoms with Gasteiger partial charge in [0.15, 0.2) is 0 Å². The first-order chi connectivity index (χ1) is 10.2. The number of ether oxygens (including phenoxy) is 1. The second-order valence-electron chi connectivity index (χ2n) is 6.78. The fraction of sp³-hybridized carbons (Fsp3) is 0.875. The molecule has 21 heavy (non-hydrogen) atoms. The van der Waals surface area contributed by atoms with Crippen molar-refractivity contribution in [3.63, 3.8) is 0 Å². The summed E-state index contributed by atoms with van der Waals surface area (Å²) in [4.78, 5) is 27.0. The summed E-state index contributed by atoms with van der Waals surface area (Å²) in [5.74, 6) is 0.614. The average molecular weight is 294 g/mol. The van der Waals surface area contributed by atoms with E-state index in [9.17, 15) is 9.59 Å². The summed E-state index contributed by atoms with van der Waals surface area (Å²) in [5.41, 5.74) is -0.610. The van der Waals surface area contributed by atoms with Crippen molar-refractivity contribution in [2.75, 3.05) is 26.3 Å². The van der Waals surface area contributed by atoms with Crippen molar-refractivity contribution in [2.24, 2.45) is 5.92 Å². The van der Waals surface area contributed by atoms with Crippen molar-refractivity contribution in [1.29, 1.82) is 0 Å². The lowest BCUT2D eigenvalue weighted by atomic mass is 9.80. The molecule has 3 rings (SSSR count). The van der Waals surface area contributed by atoms with Gasteiger partial charge in [0, 0.05) is 26.1 Å². The van der Waals surface area contributed by atoms with Crippen LogP contribution in [0, 0.1) is 5.92 Å². The summed E-state index contributed by atoms with van der Waals surface area (Å²) in [6.45, 7) is 2.89. The number of rotatable bonds is 2. The Morgan fingerprint density at radius 2 is 2.00 bits per heavy atom. The summed E-state index contributed by atoms with van der Waals surface area (Å²) < 4.78 is 5.53. The van der Waals surface area contributed by atoms with Crippen LogP contribution in [0.2, 0.25) is 0 Å². The minimum Gasteiger partial charge on any atom is -0.381 e. The third-order valence-electron chi connectivity index (χ3n) is 5.12. The average Bonchev–Trinajstić information content (AvgIpc) is 2.62. The molecule has 5 nitrogen and oxygen atoms in total. The van der Waals surface area contributed by atoms with Crippen LogP contribution in [0.1, 0.15) is 51.4 Å². The monoisotopic (exact) mass is 294 g/mol. The van der Waals surface area contributed by atoms with Gasteiger partial charge >= 0.3 is 0 Å². The molecule has 0 aromatic carbocycles. The maximum absolute atomic E-state index is 13.0. The zero-order chi connectivity index (χ0) is 14.7. The van der Waals surface area contributed by atoms with Crippen LogP contribution in [0.25, 0.3) is 0 Å². The lowest BCUT2D eigenvalue weighted by molar-refractivity contribution is -0.141. The Morgan fingerprint density at radius 3 is 2.71 bits per heavy atom. The topological polar surface area (TPSA) is 58.6 Å². The Morgan fingerprint density at radius 1 is 1.19 bits per heavy atom. The highest BCUT2D eigenvalue weighted by molar-refractivity contribution is 5.93. The lowest BCUT2D eigenvalue weighted by Crippen LogP contribution is -2.58. The first kappa shape index (κ1) is 14.8. The fourth-order valence-corrected chi connectivity index (χ4v) is 3.96. The Kier molecular flexibility index (Phi) is 4.48. The zero-order valence-corrected chi connectivity index (χ0v) is 12.7. The Hall–Kier alpha value is -1.10. The van der Waals surface area contributed by atoms with Gasteiger partial charge in [-0.15, -0.1) is 0 Å². The molecule has 3 fully saturated rings. The van der Waals surface area contributed by atoms with Gasteiger partial charge in [0.1, 0.15) is 5.54 Å². The Bertz CT molecular complexity index is 398. The second kappa shape index (κ2) is 6.34. The molecule has 1 spiro atoms. The minimum atomic E-state index is -0.610. The molecule has 0 aromatic heterocycles. The van der Waals surface area contributed by atoms with Crippen molar-refractivity contribution in [3.05, 3.63) is 0 Å². The van der Waals surface area contributed by atoms with Crippen molar-refractivity contribution >= 4 is 11.8 Å². The molecule has 118 valence electrons. The van der Waals surface area contributed by atoms with Crippen molar-refractivity contribution in [2.45, 2.75) is 56.9 Å². The van der Waals surface area contributed by atoms with E-state index in [2.05, 4.69) is 5.32 Å². The van der Waals surface area contributed by atoms with Gasteiger partial charge in [0.05, 0.1) is 6.61 Å². The van der Waals surface area contributed by atoms with Crippen LogP contribution in [-0.2, 0) is 14.3 Å². The first-order valence-electron chi connectivity index (χ1n) is 8.38. The molecule has 0 aromatic rings. The number of amides is 2. The van der Waals surface area contributed by atoms with Crippen LogP contribution in [0.4, 0.5) is 0 Å². The molecular weight excluding hydrogens is 268 g/mol. The van der Waals surface area contributed by atoms with E-state index in [1.165, 1.54) is 6.42 Å². The molecule has 2 aliphatic heterocycles. The number of hydrogen-bond donors (Lipinski definition) is 1. The summed E-state index contributed by atoms with van der Waals surface area (Å²) in [6, 6.07) is 0. The molecule has 2 heterocycles. The number of hydrogen-bond acceptors (Lipinski definition) is 3. The first-order valence-corrected chi connectivity index (χ1v) is 8.38. The van der Waals surface area contributed by atoms with E-state index >= 15 is 0 Å². The highest BCUT2D eigenvalue weighted by Crippen LogP contribution is 2.32. The highest BCUT2D eigenvalue weighted by atomic mass is 16.5. The SMILES string of the molecule is O=C1CCN(CC2CCCOC2)C(=O)C2(CCCCC2)N1. The van der Waals surface area contributed by atoms with Gasteiger partial charge in [-0.05, 0) is 31.6 Å². The predicted molar refractivity (Wildman–Crippen MR) is 78.7 cm³/mol. The normalized spacial score (nSPS) is 30.1. The van der Waals surface area contributed by atoms with Gasteiger partial charge in [-0.3, -0.25) is 9.59 Å². The third-order valence-corrected chi connectivity index (χ3v) is 5.12. The van der Waals surface area contributed by atoms with Gasteiger partial charge in [0.2, 0.25) is 11.8 Å². The van der Waals surface area contributed by atoms with Crippen LogP contribution >= 0.6 is 0 Å². The number of nitrogens with zero attached hydrogens (tertiary/aromatic N) is 1. The van der Waals surface area contributed by atoms with E-state index in [4.69, 9.17) is 4.74 Å². The largest absolute Gasteiger partial charge is 0.381 e. The maximum Gasteiger partial charge on any atom is 0.248 e. The van der Waals surface area contributed by atoms with Crippen molar-refractivity contribution < 1.29 is 14.3 Å². The van der Waals surface area contributed by atoms with Crippen molar-refractivity contribution in [3.8, 4) is 0 Å². The molecule has 2 saturated heterocycles. The number of carbonyl (C=O) groups excluding carboxylic acids is 2. The quantitative estimate of drug-likeness (QED) is 0.839. The van der Waals surface area contributed by atoms with Gasteiger partial charge < -0.3 is 15.0 Å². The summed E-state index contributed by atoms with van der Waals surface area (Å²) >= 11 is 0. The summed E-state index contributed by atoms with van der Waals surface area (Å²) in [6.07, 6.45) is 7.47. The molecule has 1 aliphatic carbocycles. The van der Waals surface area contributed by atoms with Gasteiger partial charge in [-0.1, -0.05) is 19.3 Å². The van der Waals surface area contributed by atoms with E-state index in [1.54, 1.807) is 0 Å². The van der Waals surface area contributed by atoms with E-state index in [0.717, 1.165) is 58.3 Å². The second-order valence-corrected chi connectivity index (χ2v) is 6.78. The predicted octanol–water partition coefficient (Wildman–Crippen LogP) is 1.46. The lowest BCUT2D eigenvalue weighted by Gasteiger charge is -2.39. The van der Waals surface area contributed by atoms with Gasteiger partial charge in [-0.2, -0.15) is 0 Å². The molecule has 5 heteroatoms. The fourth-order valence-electron chi connectivity index (χ4n) is 3.96. The molecule has 1 unspecified atom stereocenters. The number of carbonyl (C=O) groups is 2. The molecule has 1 saturated carbocycles. The summed E-state index contributed by atoms with van der Waals surface area (Å²) in [5, 5.41) is 3.05. The standard InChI is InChI=1S/C16H26N2O3/c19-14-6-9-18(11-13-5-4-10-21-12-13)15(20)16(17-14)7-2-1-3-8-16/h13H,1-12H2,(H,17,19). The molecular formula is C16H26N2O3. The smallest absolute Gasteiger partial charge is 0.248 e. The van der Waals surface area contributed by atoms with E-state index in [0.29, 0.717) is 18.9 Å². The third kappa shape index (κ3) is 3.23. The molecule has 1 N–H and O–H groups in total. The maximum atomic E-state index is 13.0. The van der Waals surface area contributed by atoms with E-state index in [-0.39, 0.29) is 11.8 Å².